The Morgan fingerprint density at radius 2 is 1.89 bits per heavy atom. The highest BCUT2D eigenvalue weighted by atomic mass is 19.4. The summed E-state index contributed by atoms with van der Waals surface area (Å²) in [6, 6.07) is -2.29. The number of hydrogen-bond donors (Lipinski definition) is 1. The van der Waals surface area contributed by atoms with Crippen molar-refractivity contribution >= 4 is 5.97 Å². The number of carboxylic acids is 1. The monoisotopic (exact) mass is 276 g/mol. The summed E-state index contributed by atoms with van der Waals surface area (Å²) in [6.45, 7) is 0. The normalized spacial score (nSPS) is 14.6. The largest absolute Gasteiger partial charge is 0.481 e. The van der Waals surface area contributed by atoms with Crippen LogP contribution in [0.1, 0.15) is 18.2 Å². The molecule has 18 heavy (non-hydrogen) atoms. The quantitative estimate of drug-likeness (QED) is 0.863. The molecular formula is C8H6F6N2O2. The lowest BCUT2D eigenvalue weighted by Crippen LogP contribution is -2.29. The highest BCUT2D eigenvalue weighted by Crippen LogP contribution is 2.34. The molecule has 0 bridgehead atoms. The number of rotatable bonds is 3. The molecule has 4 nitrogen and oxygen atoms in total. The molecule has 1 rings (SSSR count). The Balaban J connectivity index is 3.07. The Morgan fingerprint density at radius 1 is 1.33 bits per heavy atom. The van der Waals surface area contributed by atoms with Gasteiger partial charge in [0.05, 0.1) is 6.42 Å². The van der Waals surface area contributed by atoms with E-state index in [9.17, 15) is 31.1 Å². The fourth-order valence-corrected chi connectivity index (χ4v) is 1.19. The molecule has 1 heterocycles. The summed E-state index contributed by atoms with van der Waals surface area (Å²) in [5.74, 6) is -1.79. The van der Waals surface area contributed by atoms with Gasteiger partial charge in [0.1, 0.15) is 0 Å². The first kappa shape index (κ1) is 14.3. The van der Waals surface area contributed by atoms with Crippen LogP contribution in [0.15, 0.2) is 12.3 Å². The van der Waals surface area contributed by atoms with Crippen molar-refractivity contribution in [1.82, 2.24) is 9.78 Å². The third kappa shape index (κ3) is 3.37. The molecule has 0 radical (unpaired) electrons. The Bertz CT molecular complexity index is 436. The second-order valence-electron chi connectivity index (χ2n) is 3.33. The topological polar surface area (TPSA) is 55.1 Å². The van der Waals surface area contributed by atoms with E-state index in [4.69, 9.17) is 5.11 Å². The van der Waals surface area contributed by atoms with Crippen LogP contribution in [-0.2, 0) is 11.0 Å². The van der Waals surface area contributed by atoms with Crippen molar-refractivity contribution in [3.8, 4) is 0 Å². The standard InChI is InChI=1S/C8H6F6N2O2/c9-7(10,11)4-1-2-16(15-4)5(3-6(17)18)8(12,13)14/h1-2,5H,3H2,(H,17,18). The van der Waals surface area contributed by atoms with E-state index in [1.165, 1.54) is 0 Å². The minimum atomic E-state index is -5.01. The van der Waals surface area contributed by atoms with Gasteiger partial charge in [-0.2, -0.15) is 31.4 Å². The molecule has 1 atom stereocenters. The molecule has 0 fully saturated rings. The summed E-state index contributed by atoms with van der Waals surface area (Å²) in [6.07, 6.45) is -10.8. The summed E-state index contributed by atoms with van der Waals surface area (Å²) in [7, 11) is 0. The third-order valence-corrected chi connectivity index (χ3v) is 1.96. The summed E-state index contributed by atoms with van der Waals surface area (Å²) in [4.78, 5) is 10.3. The van der Waals surface area contributed by atoms with Crippen LogP contribution in [0, 0.1) is 0 Å². The van der Waals surface area contributed by atoms with Gasteiger partial charge in [0.2, 0.25) is 0 Å². The van der Waals surface area contributed by atoms with Gasteiger partial charge < -0.3 is 5.11 Å². The van der Waals surface area contributed by atoms with Crippen molar-refractivity contribution in [3.05, 3.63) is 18.0 Å². The molecule has 0 aromatic carbocycles. The number of aromatic nitrogens is 2. The number of nitrogens with zero attached hydrogens (tertiary/aromatic N) is 2. The predicted molar refractivity (Wildman–Crippen MR) is 44.6 cm³/mol. The first-order chi connectivity index (χ1) is 8.01. The van der Waals surface area contributed by atoms with Crippen molar-refractivity contribution < 1.29 is 36.2 Å². The first-order valence-electron chi connectivity index (χ1n) is 4.42. The van der Waals surface area contributed by atoms with Crippen molar-refractivity contribution in [2.45, 2.75) is 24.8 Å². The van der Waals surface area contributed by atoms with Crippen LogP contribution in [0.5, 0.6) is 0 Å². The van der Waals surface area contributed by atoms with E-state index in [2.05, 4.69) is 5.10 Å². The summed E-state index contributed by atoms with van der Waals surface area (Å²) >= 11 is 0. The van der Waals surface area contributed by atoms with Crippen LogP contribution in [0.2, 0.25) is 0 Å². The van der Waals surface area contributed by atoms with Crippen LogP contribution < -0.4 is 0 Å². The zero-order valence-corrected chi connectivity index (χ0v) is 8.46. The average Bonchev–Trinajstić information content (AvgIpc) is 2.59. The number of hydrogen-bond acceptors (Lipinski definition) is 2. The van der Waals surface area contributed by atoms with E-state index >= 15 is 0 Å². The lowest BCUT2D eigenvalue weighted by Gasteiger charge is -2.18. The minimum absolute atomic E-state index is 0.0447. The van der Waals surface area contributed by atoms with E-state index < -0.39 is 36.5 Å². The number of alkyl halides is 6. The Labute approximate surface area is 95.8 Å². The van der Waals surface area contributed by atoms with Crippen molar-refractivity contribution in [1.29, 1.82) is 0 Å². The van der Waals surface area contributed by atoms with Crippen LogP contribution in [-0.4, -0.2) is 27.0 Å². The maximum absolute atomic E-state index is 12.5. The molecule has 0 spiro atoms. The zero-order valence-electron chi connectivity index (χ0n) is 8.46. The highest BCUT2D eigenvalue weighted by Gasteiger charge is 2.44. The summed E-state index contributed by atoms with van der Waals surface area (Å²) in [5, 5.41) is 11.0. The molecule has 10 heteroatoms. The van der Waals surface area contributed by atoms with Crippen LogP contribution in [0.25, 0.3) is 0 Å². The maximum Gasteiger partial charge on any atom is 0.435 e. The number of aliphatic carboxylic acids is 1. The van der Waals surface area contributed by atoms with Crippen LogP contribution >= 0.6 is 0 Å². The number of carbonyl (C=O) groups is 1. The third-order valence-electron chi connectivity index (χ3n) is 1.96. The fourth-order valence-electron chi connectivity index (χ4n) is 1.19. The lowest BCUT2D eigenvalue weighted by atomic mass is 10.2. The summed E-state index contributed by atoms with van der Waals surface area (Å²) < 4.78 is 73.8. The molecule has 1 aromatic heterocycles. The number of carboxylic acid groups (broad SMARTS) is 1. The second kappa shape index (κ2) is 4.50. The lowest BCUT2D eigenvalue weighted by molar-refractivity contribution is -0.180. The average molecular weight is 276 g/mol. The van der Waals surface area contributed by atoms with Crippen molar-refractivity contribution in [2.24, 2.45) is 0 Å². The molecule has 102 valence electrons. The molecule has 1 aromatic rings. The SMILES string of the molecule is O=C(O)CC(n1ccc(C(F)(F)F)n1)C(F)(F)F. The van der Waals surface area contributed by atoms with Gasteiger partial charge in [0.15, 0.2) is 11.7 Å². The molecule has 0 amide bonds. The van der Waals surface area contributed by atoms with E-state index in [-0.39, 0.29) is 4.68 Å². The second-order valence-corrected chi connectivity index (χ2v) is 3.33. The molecule has 0 aliphatic carbocycles. The molecule has 0 saturated carbocycles. The van der Waals surface area contributed by atoms with Gasteiger partial charge >= 0.3 is 18.3 Å². The summed E-state index contributed by atoms with van der Waals surface area (Å²) in [5.41, 5.74) is -1.51. The van der Waals surface area contributed by atoms with Gasteiger partial charge in [-0.3, -0.25) is 9.48 Å². The van der Waals surface area contributed by atoms with E-state index in [0.717, 1.165) is 0 Å². The van der Waals surface area contributed by atoms with Crippen molar-refractivity contribution in [3.63, 3.8) is 0 Å². The van der Waals surface area contributed by atoms with Gasteiger partial charge in [-0.25, -0.2) is 0 Å². The van der Waals surface area contributed by atoms with Crippen LogP contribution in [0.4, 0.5) is 26.3 Å². The van der Waals surface area contributed by atoms with Gasteiger partial charge in [0, 0.05) is 6.20 Å². The van der Waals surface area contributed by atoms with E-state index in [1.54, 1.807) is 0 Å². The van der Waals surface area contributed by atoms with E-state index in [0.29, 0.717) is 12.3 Å². The molecule has 0 aliphatic rings. The van der Waals surface area contributed by atoms with Gasteiger partial charge in [0.25, 0.3) is 0 Å². The van der Waals surface area contributed by atoms with Gasteiger partial charge in [-0.05, 0) is 6.07 Å². The fraction of sp³-hybridized carbons (Fsp3) is 0.500. The van der Waals surface area contributed by atoms with E-state index in [1.807, 2.05) is 0 Å². The Hall–Kier alpha value is -1.74. The molecule has 1 N–H and O–H groups in total. The van der Waals surface area contributed by atoms with Crippen LogP contribution in [0.3, 0.4) is 0 Å². The highest BCUT2D eigenvalue weighted by molar-refractivity contribution is 5.67. The Kier molecular flexibility index (Phi) is 3.58. The first-order valence-corrected chi connectivity index (χ1v) is 4.42. The van der Waals surface area contributed by atoms with Gasteiger partial charge in [-0.15, -0.1) is 0 Å². The minimum Gasteiger partial charge on any atom is -0.481 e. The number of halogens is 6. The Morgan fingerprint density at radius 3 is 2.22 bits per heavy atom. The predicted octanol–water partition coefficient (Wildman–Crippen LogP) is 2.48. The molecule has 0 saturated heterocycles. The molecule has 0 aliphatic heterocycles. The molecule has 1 unspecified atom stereocenters. The maximum atomic E-state index is 12.5. The van der Waals surface area contributed by atoms with Gasteiger partial charge in [-0.1, -0.05) is 0 Å². The van der Waals surface area contributed by atoms with Crippen molar-refractivity contribution in [2.75, 3.05) is 0 Å². The zero-order chi connectivity index (χ0) is 14.1. The molecular weight excluding hydrogens is 270 g/mol. The smallest absolute Gasteiger partial charge is 0.435 e.